The van der Waals surface area contributed by atoms with Gasteiger partial charge >= 0.3 is 0 Å². The molecule has 10 heavy (non-hydrogen) atoms. The molecule has 0 amide bonds. The summed E-state index contributed by atoms with van der Waals surface area (Å²) in [5, 5.41) is 0. The average Bonchev–Trinajstić information content (AvgIpc) is 2.34. The quantitative estimate of drug-likeness (QED) is 0.696. The van der Waals surface area contributed by atoms with Crippen LogP contribution in [0.2, 0.25) is 0 Å². The number of nitrogens with two attached hydrogens (primary N) is 1. The molecule has 1 atom stereocenters. The van der Waals surface area contributed by atoms with E-state index in [0.29, 0.717) is 0 Å². The molecule has 0 aliphatic carbocycles. The lowest BCUT2D eigenvalue weighted by Gasteiger charge is -1.95. The smallest absolute Gasteiger partial charge is 0.149 e. The molecule has 0 bridgehead atoms. The summed E-state index contributed by atoms with van der Waals surface area (Å²) in [6.07, 6.45) is 3.87. The van der Waals surface area contributed by atoms with Gasteiger partial charge in [0.15, 0.2) is 0 Å². The molecular formula is C6H10N2S2. The highest BCUT2D eigenvalue weighted by Gasteiger charge is 2.03. The molecule has 0 saturated heterocycles. The first-order valence-corrected chi connectivity index (χ1v) is 5.03. The van der Waals surface area contributed by atoms with Crippen LogP contribution in [0.4, 0.5) is 0 Å². The molecule has 1 rings (SSSR count). The van der Waals surface area contributed by atoms with Crippen LogP contribution in [0.1, 0.15) is 17.8 Å². The van der Waals surface area contributed by atoms with Crippen molar-refractivity contribution in [3.8, 4) is 0 Å². The number of thioether (sulfide) groups is 1. The Hall–Kier alpha value is -0.0600. The maximum atomic E-state index is 5.64. The van der Waals surface area contributed by atoms with Crippen molar-refractivity contribution >= 4 is 23.1 Å². The van der Waals surface area contributed by atoms with E-state index in [0.717, 1.165) is 9.22 Å². The third kappa shape index (κ3) is 1.71. The molecule has 0 aliphatic heterocycles. The van der Waals surface area contributed by atoms with Gasteiger partial charge in [0.05, 0.1) is 0 Å². The van der Waals surface area contributed by atoms with Crippen LogP contribution in [0.15, 0.2) is 10.5 Å². The van der Waals surface area contributed by atoms with Crippen molar-refractivity contribution < 1.29 is 0 Å². The summed E-state index contributed by atoms with van der Waals surface area (Å²) in [5.41, 5.74) is 5.64. The van der Waals surface area contributed by atoms with Crippen molar-refractivity contribution in [1.82, 2.24) is 4.98 Å². The van der Waals surface area contributed by atoms with Crippen molar-refractivity contribution in [3.05, 3.63) is 11.1 Å². The fourth-order valence-electron chi connectivity index (χ4n) is 0.575. The van der Waals surface area contributed by atoms with Crippen LogP contribution >= 0.6 is 23.1 Å². The Balaban J connectivity index is 2.78. The predicted molar refractivity (Wildman–Crippen MR) is 46.5 cm³/mol. The summed E-state index contributed by atoms with van der Waals surface area (Å²) in [7, 11) is 0. The third-order valence-corrected chi connectivity index (χ3v) is 3.32. The molecule has 56 valence electrons. The highest BCUT2D eigenvalue weighted by atomic mass is 32.2. The highest BCUT2D eigenvalue weighted by molar-refractivity contribution is 8.00. The molecule has 0 spiro atoms. The van der Waals surface area contributed by atoms with Crippen molar-refractivity contribution in [3.63, 3.8) is 0 Å². The van der Waals surface area contributed by atoms with Gasteiger partial charge in [-0.2, -0.15) is 0 Å². The van der Waals surface area contributed by atoms with E-state index in [9.17, 15) is 0 Å². The van der Waals surface area contributed by atoms with Gasteiger partial charge in [0.1, 0.15) is 4.34 Å². The first-order valence-electron chi connectivity index (χ1n) is 2.99. The van der Waals surface area contributed by atoms with Crippen LogP contribution in [-0.2, 0) is 0 Å². The van der Waals surface area contributed by atoms with E-state index in [-0.39, 0.29) is 6.04 Å². The molecule has 0 aromatic carbocycles. The number of hydrogen-bond donors (Lipinski definition) is 1. The van der Waals surface area contributed by atoms with Gasteiger partial charge in [-0.05, 0) is 13.2 Å². The summed E-state index contributed by atoms with van der Waals surface area (Å²) in [6, 6.07) is 0.124. The summed E-state index contributed by atoms with van der Waals surface area (Å²) in [5.74, 6) is 0. The SMILES string of the molecule is CSc1ncc(C(C)N)s1. The Kier molecular flexibility index (Phi) is 2.71. The minimum Gasteiger partial charge on any atom is -0.323 e. The molecule has 1 aromatic heterocycles. The van der Waals surface area contributed by atoms with E-state index in [4.69, 9.17) is 5.73 Å². The number of nitrogens with zero attached hydrogens (tertiary/aromatic N) is 1. The number of aromatic nitrogens is 1. The Bertz CT molecular complexity index is 207. The Labute approximate surface area is 68.8 Å². The maximum Gasteiger partial charge on any atom is 0.149 e. The fourth-order valence-corrected chi connectivity index (χ4v) is 1.95. The first kappa shape index (κ1) is 8.04. The Morgan fingerprint density at radius 3 is 2.80 bits per heavy atom. The molecular weight excluding hydrogens is 164 g/mol. The van der Waals surface area contributed by atoms with Crippen molar-refractivity contribution in [2.45, 2.75) is 17.3 Å². The summed E-state index contributed by atoms with van der Waals surface area (Å²) in [6.45, 7) is 1.97. The molecule has 1 aromatic rings. The van der Waals surface area contributed by atoms with Gasteiger partial charge in [-0.1, -0.05) is 11.8 Å². The zero-order valence-corrected chi connectivity index (χ0v) is 7.63. The Morgan fingerprint density at radius 2 is 2.50 bits per heavy atom. The van der Waals surface area contributed by atoms with E-state index >= 15 is 0 Å². The zero-order valence-electron chi connectivity index (χ0n) is 6.00. The Morgan fingerprint density at radius 1 is 1.80 bits per heavy atom. The summed E-state index contributed by atoms with van der Waals surface area (Å²) in [4.78, 5) is 5.31. The van der Waals surface area contributed by atoms with Crippen LogP contribution in [-0.4, -0.2) is 11.2 Å². The molecule has 4 heteroatoms. The highest BCUT2D eigenvalue weighted by Crippen LogP contribution is 2.24. The molecule has 0 radical (unpaired) electrons. The van der Waals surface area contributed by atoms with Gasteiger partial charge in [-0.15, -0.1) is 11.3 Å². The number of hydrogen-bond acceptors (Lipinski definition) is 4. The molecule has 1 unspecified atom stereocenters. The van der Waals surface area contributed by atoms with Crippen molar-refractivity contribution in [2.75, 3.05) is 6.26 Å². The largest absolute Gasteiger partial charge is 0.323 e. The van der Waals surface area contributed by atoms with E-state index in [1.807, 2.05) is 19.4 Å². The van der Waals surface area contributed by atoms with E-state index < -0.39 is 0 Å². The van der Waals surface area contributed by atoms with Crippen LogP contribution in [0.3, 0.4) is 0 Å². The second-order valence-corrected chi connectivity index (χ2v) is 4.14. The molecule has 0 aliphatic rings. The van der Waals surface area contributed by atoms with Crippen molar-refractivity contribution in [2.24, 2.45) is 5.73 Å². The second kappa shape index (κ2) is 3.37. The van der Waals surface area contributed by atoms with E-state index in [1.54, 1.807) is 23.1 Å². The number of thiazole rings is 1. The summed E-state index contributed by atoms with van der Waals surface area (Å²) >= 11 is 3.33. The van der Waals surface area contributed by atoms with Crippen LogP contribution in [0.25, 0.3) is 0 Å². The lowest BCUT2D eigenvalue weighted by molar-refractivity contribution is 0.835. The standard InChI is InChI=1S/C6H10N2S2/c1-4(7)5-3-8-6(9-2)10-5/h3-4H,7H2,1-2H3. The van der Waals surface area contributed by atoms with Gasteiger partial charge in [0.2, 0.25) is 0 Å². The average molecular weight is 174 g/mol. The van der Waals surface area contributed by atoms with Gasteiger partial charge in [-0.3, -0.25) is 0 Å². The van der Waals surface area contributed by atoms with Gasteiger partial charge < -0.3 is 5.73 Å². The molecule has 1 heterocycles. The fraction of sp³-hybridized carbons (Fsp3) is 0.500. The van der Waals surface area contributed by atoms with Gasteiger partial charge in [0, 0.05) is 17.1 Å². The minimum absolute atomic E-state index is 0.124. The number of rotatable bonds is 2. The van der Waals surface area contributed by atoms with Gasteiger partial charge in [0.25, 0.3) is 0 Å². The summed E-state index contributed by atoms with van der Waals surface area (Å²) < 4.78 is 1.09. The molecule has 2 N–H and O–H groups in total. The topological polar surface area (TPSA) is 38.9 Å². The molecule has 0 saturated carbocycles. The minimum atomic E-state index is 0.124. The molecule has 2 nitrogen and oxygen atoms in total. The van der Waals surface area contributed by atoms with Crippen LogP contribution in [0, 0.1) is 0 Å². The third-order valence-electron chi connectivity index (χ3n) is 1.13. The molecule has 0 fully saturated rings. The van der Waals surface area contributed by atoms with Crippen LogP contribution < -0.4 is 5.73 Å². The maximum absolute atomic E-state index is 5.64. The monoisotopic (exact) mass is 174 g/mol. The first-order chi connectivity index (χ1) is 4.74. The van der Waals surface area contributed by atoms with E-state index in [2.05, 4.69) is 4.98 Å². The zero-order chi connectivity index (χ0) is 7.56. The van der Waals surface area contributed by atoms with Crippen LogP contribution in [0.5, 0.6) is 0 Å². The van der Waals surface area contributed by atoms with Crippen molar-refractivity contribution in [1.29, 1.82) is 0 Å². The normalized spacial score (nSPS) is 13.5. The lowest BCUT2D eigenvalue weighted by Crippen LogP contribution is -2.01. The lowest BCUT2D eigenvalue weighted by atomic mass is 10.3. The predicted octanol–water partition coefficient (Wildman–Crippen LogP) is 1.88. The van der Waals surface area contributed by atoms with E-state index in [1.165, 1.54) is 0 Å². The van der Waals surface area contributed by atoms with Gasteiger partial charge in [-0.25, -0.2) is 4.98 Å². The second-order valence-electron chi connectivity index (χ2n) is 2.02.